The molecule has 0 N–H and O–H groups in total. The van der Waals surface area contributed by atoms with Crippen molar-refractivity contribution in [1.82, 2.24) is 9.80 Å². The molecular formula is C23H31N3O6. The minimum Gasteiger partial charge on any atom is -0.479 e. The highest BCUT2D eigenvalue weighted by Gasteiger charge is 2.35. The van der Waals surface area contributed by atoms with E-state index < -0.39 is 17.8 Å². The van der Waals surface area contributed by atoms with Crippen LogP contribution in [0.3, 0.4) is 0 Å². The first-order valence-electron chi connectivity index (χ1n) is 10.8. The van der Waals surface area contributed by atoms with Crippen molar-refractivity contribution in [2.45, 2.75) is 52.7 Å². The molecule has 32 heavy (non-hydrogen) atoms. The summed E-state index contributed by atoms with van der Waals surface area (Å²) in [5.74, 6) is -0.240. The minimum atomic E-state index is -0.731. The second-order valence-electron chi connectivity index (χ2n) is 9.12. The van der Waals surface area contributed by atoms with Crippen molar-refractivity contribution in [1.29, 1.82) is 0 Å². The molecule has 3 rings (SSSR count). The van der Waals surface area contributed by atoms with Gasteiger partial charge in [0.2, 0.25) is 5.91 Å². The summed E-state index contributed by atoms with van der Waals surface area (Å²) in [6, 6.07) is 4.88. The van der Waals surface area contributed by atoms with Crippen LogP contribution in [0.15, 0.2) is 18.2 Å². The van der Waals surface area contributed by atoms with Crippen LogP contribution in [0.1, 0.15) is 51.4 Å². The van der Waals surface area contributed by atoms with Crippen molar-refractivity contribution in [3.8, 4) is 5.75 Å². The van der Waals surface area contributed by atoms with E-state index in [-0.39, 0.29) is 24.1 Å². The normalized spacial score (nSPS) is 19.1. The molecule has 1 unspecified atom stereocenters. The first-order valence-corrected chi connectivity index (χ1v) is 10.8. The third kappa shape index (κ3) is 5.38. The van der Waals surface area contributed by atoms with Gasteiger partial charge in [-0.15, -0.1) is 0 Å². The molecule has 9 heteroatoms. The Hall–Kier alpha value is -3.10. The molecule has 1 saturated heterocycles. The molecule has 1 aromatic rings. The minimum absolute atomic E-state index is 0.139. The molecule has 9 nitrogen and oxygen atoms in total. The molecule has 1 atom stereocenters. The zero-order valence-electron chi connectivity index (χ0n) is 19.3. The van der Waals surface area contributed by atoms with Gasteiger partial charge in [-0.25, -0.2) is 4.79 Å². The number of fused-ring (bicyclic) bond motifs is 1. The fourth-order valence-electron chi connectivity index (χ4n) is 3.70. The second kappa shape index (κ2) is 9.18. The van der Waals surface area contributed by atoms with Gasteiger partial charge in [0.1, 0.15) is 17.9 Å². The summed E-state index contributed by atoms with van der Waals surface area (Å²) in [4.78, 5) is 54.7. The number of ether oxygens (including phenoxy) is 2. The van der Waals surface area contributed by atoms with E-state index in [4.69, 9.17) is 9.47 Å². The Morgan fingerprint density at radius 3 is 2.41 bits per heavy atom. The molecule has 0 bridgehead atoms. The number of benzene rings is 1. The molecule has 2 heterocycles. The maximum atomic E-state index is 13.1. The molecule has 0 radical (unpaired) electrons. The van der Waals surface area contributed by atoms with Crippen molar-refractivity contribution >= 4 is 29.4 Å². The van der Waals surface area contributed by atoms with E-state index in [1.165, 1.54) is 11.8 Å². The summed E-state index contributed by atoms with van der Waals surface area (Å²) in [6.07, 6.45) is -0.510. The molecule has 2 aliphatic heterocycles. The van der Waals surface area contributed by atoms with Gasteiger partial charge in [-0.05, 0) is 59.2 Å². The summed E-state index contributed by atoms with van der Waals surface area (Å²) in [5.41, 5.74) is 0.271. The SMILES string of the molecule is CC(=O)c1ccc2c(c1)N(CC(=O)N1CCCN(C(=O)OC(C)(C)C)CC1)C(=O)C(C)O2. The third-order valence-electron chi connectivity index (χ3n) is 5.37. The smallest absolute Gasteiger partial charge is 0.410 e. The Balaban J connectivity index is 1.71. The van der Waals surface area contributed by atoms with E-state index in [1.807, 2.05) is 20.8 Å². The maximum absolute atomic E-state index is 13.1. The number of hydrogen-bond acceptors (Lipinski definition) is 6. The number of Topliss-reactive ketones (excluding diaryl/α,β-unsaturated/α-hetero) is 1. The van der Waals surface area contributed by atoms with Gasteiger partial charge in [-0.2, -0.15) is 0 Å². The average Bonchev–Trinajstić information content (AvgIpc) is 2.96. The van der Waals surface area contributed by atoms with Crippen molar-refractivity contribution in [2.24, 2.45) is 0 Å². The molecule has 0 spiro atoms. The Labute approximate surface area is 188 Å². The van der Waals surface area contributed by atoms with Crippen molar-refractivity contribution < 1.29 is 28.7 Å². The third-order valence-corrected chi connectivity index (χ3v) is 5.37. The van der Waals surface area contributed by atoms with E-state index >= 15 is 0 Å². The lowest BCUT2D eigenvalue weighted by atomic mass is 10.1. The largest absolute Gasteiger partial charge is 0.479 e. The van der Waals surface area contributed by atoms with Gasteiger partial charge in [0, 0.05) is 31.7 Å². The molecular weight excluding hydrogens is 414 g/mol. The Morgan fingerprint density at radius 1 is 1.09 bits per heavy atom. The van der Waals surface area contributed by atoms with E-state index in [2.05, 4.69) is 0 Å². The molecule has 0 aromatic heterocycles. The van der Waals surface area contributed by atoms with E-state index in [1.54, 1.807) is 34.9 Å². The lowest BCUT2D eigenvalue weighted by molar-refractivity contribution is -0.133. The van der Waals surface area contributed by atoms with Crippen LogP contribution in [-0.2, 0) is 14.3 Å². The van der Waals surface area contributed by atoms with Gasteiger partial charge >= 0.3 is 6.09 Å². The quantitative estimate of drug-likeness (QED) is 0.663. The van der Waals surface area contributed by atoms with E-state index in [9.17, 15) is 19.2 Å². The van der Waals surface area contributed by atoms with Crippen molar-refractivity contribution in [2.75, 3.05) is 37.6 Å². The van der Waals surface area contributed by atoms with Gasteiger partial charge < -0.3 is 19.3 Å². The monoisotopic (exact) mass is 445 g/mol. The molecule has 0 saturated carbocycles. The second-order valence-corrected chi connectivity index (χ2v) is 9.12. The van der Waals surface area contributed by atoms with Crippen LogP contribution in [0.5, 0.6) is 5.75 Å². The highest BCUT2D eigenvalue weighted by molar-refractivity contribution is 6.05. The first-order chi connectivity index (χ1) is 15.0. The fourth-order valence-corrected chi connectivity index (χ4v) is 3.70. The standard InChI is InChI=1S/C23H31N3O6/c1-15(27)17-7-8-19-18(13-17)26(21(29)16(2)31-19)14-20(28)24-9-6-10-25(12-11-24)22(30)32-23(3,4)5/h7-8,13,16H,6,9-12,14H2,1-5H3. The van der Waals surface area contributed by atoms with Crippen LogP contribution in [0.4, 0.5) is 10.5 Å². The van der Waals surface area contributed by atoms with Crippen LogP contribution in [0.25, 0.3) is 0 Å². The summed E-state index contributed by atoms with van der Waals surface area (Å²) in [7, 11) is 0. The fraction of sp³-hybridized carbons (Fsp3) is 0.565. The number of hydrogen-bond donors (Lipinski definition) is 0. The molecule has 3 amide bonds. The lowest BCUT2D eigenvalue weighted by Gasteiger charge is -2.34. The summed E-state index contributed by atoms with van der Waals surface area (Å²) in [6.45, 7) is 10.0. The molecule has 2 aliphatic rings. The van der Waals surface area contributed by atoms with Crippen molar-refractivity contribution in [3.05, 3.63) is 23.8 Å². The predicted molar refractivity (Wildman–Crippen MR) is 118 cm³/mol. The van der Waals surface area contributed by atoms with Gasteiger partial charge in [0.05, 0.1) is 5.69 Å². The van der Waals surface area contributed by atoms with Crippen LogP contribution in [0, 0.1) is 0 Å². The van der Waals surface area contributed by atoms with Gasteiger partial charge in [0.15, 0.2) is 11.9 Å². The van der Waals surface area contributed by atoms with E-state index in [0.717, 1.165) is 0 Å². The van der Waals surface area contributed by atoms with Crippen LogP contribution < -0.4 is 9.64 Å². The van der Waals surface area contributed by atoms with Gasteiger partial charge in [0.25, 0.3) is 5.91 Å². The number of anilines is 1. The maximum Gasteiger partial charge on any atom is 0.410 e. The summed E-state index contributed by atoms with van der Waals surface area (Å²) >= 11 is 0. The number of ketones is 1. The van der Waals surface area contributed by atoms with Gasteiger partial charge in [-0.3, -0.25) is 19.3 Å². The average molecular weight is 446 g/mol. The Kier molecular flexibility index (Phi) is 6.76. The lowest BCUT2D eigenvalue weighted by Crippen LogP contribution is -2.50. The van der Waals surface area contributed by atoms with Crippen LogP contribution >= 0.6 is 0 Å². The molecule has 0 aliphatic carbocycles. The number of nitrogens with zero attached hydrogens (tertiary/aromatic N) is 3. The number of rotatable bonds is 3. The Morgan fingerprint density at radius 2 is 1.75 bits per heavy atom. The van der Waals surface area contributed by atoms with Crippen LogP contribution in [0.2, 0.25) is 0 Å². The Bertz CT molecular complexity index is 923. The molecule has 1 fully saturated rings. The molecule has 174 valence electrons. The zero-order valence-corrected chi connectivity index (χ0v) is 19.3. The summed E-state index contributed by atoms with van der Waals surface area (Å²) < 4.78 is 11.1. The van der Waals surface area contributed by atoms with Crippen molar-refractivity contribution in [3.63, 3.8) is 0 Å². The highest BCUT2D eigenvalue weighted by Crippen LogP contribution is 2.35. The predicted octanol–water partition coefficient (Wildman–Crippen LogP) is 2.47. The topological polar surface area (TPSA) is 96.5 Å². The first kappa shape index (κ1) is 23.6. The number of amides is 3. The van der Waals surface area contributed by atoms with Gasteiger partial charge in [-0.1, -0.05) is 0 Å². The number of carbonyl (C=O) groups excluding carboxylic acids is 4. The van der Waals surface area contributed by atoms with E-state index in [0.29, 0.717) is 49.6 Å². The highest BCUT2D eigenvalue weighted by atomic mass is 16.6. The molecule has 1 aromatic carbocycles. The van der Waals surface area contributed by atoms with Crippen LogP contribution in [-0.4, -0.2) is 77.9 Å². The number of carbonyl (C=O) groups is 4. The summed E-state index contributed by atoms with van der Waals surface area (Å²) in [5, 5.41) is 0. The zero-order chi connectivity index (χ0) is 23.6.